The molecule has 1 aromatic carbocycles. The lowest BCUT2D eigenvalue weighted by Gasteiger charge is -1.99. The minimum atomic E-state index is -0.0328. The molecule has 0 amide bonds. The molecule has 1 unspecified atom stereocenters. The molecule has 4 heteroatoms. The van der Waals surface area contributed by atoms with Crippen molar-refractivity contribution in [2.45, 2.75) is 19.9 Å². The smallest absolute Gasteiger partial charge is 0.115 e. The lowest BCUT2D eigenvalue weighted by atomic mass is 10.1. The summed E-state index contributed by atoms with van der Waals surface area (Å²) >= 11 is 1.62. The highest BCUT2D eigenvalue weighted by Gasteiger charge is 2.11. The van der Waals surface area contributed by atoms with Gasteiger partial charge in [-0.05, 0) is 38.1 Å². The second kappa shape index (κ2) is 4.23. The van der Waals surface area contributed by atoms with Crippen LogP contribution in [0.3, 0.4) is 0 Å². The lowest BCUT2D eigenvalue weighted by Crippen LogP contribution is -2.03. The molecule has 1 heterocycles. The van der Waals surface area contributed by atoms with E-state index in [1.54, 1.807) is 23.5 Å². The van der Waals surface area contributed by atoms with Crippen LogP contribution in [0.15, 0.2) is 24.3 Å². The summed E-state index contributed by atoms with van der Waals surface area (Å²) in [6, 6.07) is 7.03. The third-order valence-corrected chi connectivity index (χ3v) is 3.52. The lowest BCUT2D eigenvalue weighted by molar-refractivity contribution is 0.475. The molecule has 0 saturated heterocycles. The van der Waals surface area contributed by atoms with Gasteiger partial charge in [0.25, 0.3) is 0 Å². The van der Waals surface area contributed by atoms with Crippen molar-refractivity contribution in [1.29, 1.82) is 0 Å². The van der Waals surface area contributed by atoms with E-state index in [0.29, 0.717) is 0 Å². The molecule has 84 valence electrons. The summed E-state index contributed by atoms with van der Waals surface area (Å²) in [7, 11) is 0. The Balaban J connectivity index is 2.44. The highest BCUT2D eigenvalue weighted by molar-refractivity contribution is 7.12. The van der Waals surface area contributed by atoms with Gasteiger partial charge in [0.1, 0.15) is 10.8 Å². The van der Waals surface area contributed by atoms with E-state index in [1.165, 1.54) is 0 Å². The number of nitrogens with two attached hydrogens (primary N) is 1. The van der Waals surface area contributed by atoms with Crippen molar-refractivity contribution in [3.63, 3.8) is 0 Å². The zero-order valence-corrected chi connectivity index (χ0v) is 10.1. The molecule has 2 rings (SSSR count). The molecule has 16 heavy (non-hydrogen) atoms. The highest BCUT2D eigenvalue weighted by atomic mass is 32.1. The fourth-order valence-electron chi connectivity index (χ4n) is 1.50. The fraction of sp³-hybridized carbons (Fsp3) is 0.250. The van der Waals surface area contributed by atoms with E-state index in [0.717, 1.165) is 21.1 Å². The number of phenols is 1. The van der Waals surface area contributed by atoms with Crippen molar-refractivity contribution in [2.75, 3.05) is 0 Å². The third-order valence-electron chi connectivity index (χ3n) is 2.34. The first-order chi connectivity index (χ1) is 7.58. The molecule has 3 nitrogen and oxygen atoms in total. The van der Waals surface area contributed by atoms with Crippen LogP contribution < -0.4 is 5.73 Å². The minimum absolute atomic E-state index is 0.0328. The summed E-state index contributed by atoms with van der Waals surface area (Å²) in [5.74, 6) is 0.268. The number of aryl methyl sites for hydroxylation is 1. The summed E-state index contributed by atoms with van der Waals surface area (Å²) < 4.78 is 0. The topological polar surface area (TPSA) is 59.1 Å². The first kappa shape index (κ1) is 11.1. The Morgan fingerprint density at radius 3 is 2.44 bits per heavy atom. The van der Waals surface area contributed by atoms with Crippen LogP contribution in [0.4, 0.5) is 0 Å². The second-order valence-corrected chi connectivity index (χ2v) is 5.03. The summed E-state index contributed by atoms with van der Waals surface area (Å²) in [5, 5.41) is 10.2. The normalized spacial score (nSPS) is 12.7. The molecule has 1 atom stereocenters. The standard InChI is InChI=1S/C12H14N2OS/c1-7(13)12-14-11(8(2)16-12)9-3-5-10(15)6-4-9/h3-7,15H,13H2,1-2H3. The number of thiazole rings is 1. The quantitative estimate of drug-likeness (QED) is 0.840. The molecule has 0 bridgehead atoms. The first-order valence-corrected chi connectivity index (χ1v) is 5.92. The largest absolute Gasteiger partial charge is 0.508 e. The molecular formula is C12H14N2OS. The maximum atomic E-state index is 9.23. The van der Waals surface area contributed by atoms with Crippen LogP contribution in [-0.2, 0) is 0 Å². The highest BCUT2D eigenvalue weighted by Crippen LogP contribution is 2.30. The SMILES string of the molecule is Cc1sc(C(C)N)nc1-c1ccc(O)cc1. The van der Waals surface area contributed by atoms with Crippen molar-refractivity contribution in [2.24, 2.45) is 5.73 Å². The second-order valence-electron chi connectivity index (χ2n) is 3.79. The average Bonchev–Trinajstić information content (AvgIpc) is 2.62. The predicted octanol–water partition coefficient (Wildman–Crippen LogP) is 2.84. The Morgan fingerprint density at radius 2 is 1.94 bits per heavy atom. The van der Waals surface area contributed by atoms with Gasteiger partial charge in [-0.15, -0.1) is 11.3 Å². The Kier molecular flexibility index (Phi) is 2.94. The molecule has 0 fully saturated rings. The molecule has 1 aromatic heterocycles. The van der Waals surface area contributed by atoms with Gasteiger partial charge in [-0.1, -0.05) is 0 Å². The van der Waals surface area contributed by atoms with Gasteiger partial charge < -0.3 is 10.8 Å². The van der Waals surface area contributed by atoms with Crippen molar-refractivity contribution in [3.8, 4) is 17.0 Å². The van der Waals surface area contributed by atoms with E-state index in [-0.39, 0.29) is 11.8 Å². The van der Waals surface area contributed by atoms with Gasteiger partial charge in [-0.3, -0.25) is 0 Å². The van der Waals surface area contributed by atoms with Gasteiger partial charge in [-0.2, -0.15) is 0 Å². The molecule has 3 N–H and O–H groups in total. The van der Waals surface area contributed by atoms with E-state index in [1.807, 2.05) is 26.0 Å². The zero-order valence-electron chi connectivity index (χ0n) is 9.27. The van der Waals surface area contributed by atoms with E-state index >= 15 is 0 Å². The number of phenolic OH excluding ortho intramolecular Hbond substituents is 1. The van der Waals surface area contributed by atoms with Crippen LogP contribution in [0.25, 0.3) is 11.3 Å². The van der Waals surface area contributed by atoms with Crippen molar-refractivity contribution in [1.82, 2.24) is 4.98 Å². The summed E-state index contributed by atoms with van der Waals surface area (Å²) in [4.78, 5) is 5.67. The van der Waals surface area contributed by atoms with E-state index in [9.17, 15) is 5.11 Å². The van der Waals surface area contributed by atoms with E-state index < -0.39 is 0 Å². The van der Waals surface area contributed by atoms with Crippen molar-refractivity contribution in [3.05, 3.63) is 34.2 Å². The zero-order chi connectivity index (χ0) is 11.7. The summed E-state index contributed by atoms with van der Waals surface area (Å²) in [6.45, 7) is 3.96. The van der Waals surface area contributed by atoms with Gasteiger partial charge in [0.15, 0.2) is 0 Å². The maximum absolute atomic E-state index is 9.23. The van der Waals surface area contributed by atoms with Gasteiger partial charge in [0, 0.05) is 10.4 Å². The van der Waals surface area contributed by atoms with Crippen molar-refractivity contribution < 1.29 is 5.11 Å². The number of rotatable bonds is 2. The molecule has 0 aliphatic carbocycles. The number of aromatic hydroxyl groups is 1. The Bertz CT molecular complexity index is 488. The molecular weight excluding hydrogens is 220 g/mol. The van der Waals surface area contributed by atoms with E-state index in [4.69, 9.17) is 5.73 Å². The van der Waals surface area contributed by atoms with Crippen LogP contribution in [0, 0.1) is 6.92 Å². The number of hydrogen-bond donors (Lipinski definition) is 2. The van der Waals surface area contributed by atoms with Gasteiger partial charge >= 0.3 is 0 Å². The molecule has 2 aromatic rings. The summed E-state index contributed by atoms with van der Waals surface area (Å²) in [5.41, 5.74) is 7.77. The number of nitrogens with zero attached hydrogens (tertiary/aromatic N) is 1. The predicted molar refractivity (Wildman–Crippen MR) is 66.6 cm³/mol. The molecule has 0 saturated carbocycles. The minimum Gasteiger partial charge on any atom is -0.508 e. The average molecular weight is 234 g/mol. The Labute approximate surface area is 98.6 Å². The Hall–Kier alpha value is -1.39. The number of benzene rings is 1. The van der Waals surface area contributed by atoms with Crippen LogP contribution in [0.1, 0.15) is 22.9 Å². The fourth-order valence-corrected chi connectivity index (χ4v) is 2.40. The number of hydrogen-bond acceptors (Lipinski definition) is 4. The van der Waals surface area contributed by atoms with Crippen molar-refractivity contribution >= 4 is 11.3 Å². The van der Waals surface area contributed by atoms with Crippen LogP contribution in [-0.4, -0.2) is 10.1 Å². The van der Waals surface area contributed by atoms with Crippen LogP contribution in [0.2, 0.25) is 0 Å². The number of aromatic nitrogens is 1. The van der Waals surface area contributed by atoms with Gasteiger partial charge in [0.05, 0.1) is 11.7 Å². The monoisotopic (exact) mass is 234 g/mol. The van der Waals surface area contributed by atoms with Gasteiger partial charge in [0.2, 0.25) is 0 Å². The molecule has 0 aliphatic heterocycles. The molecule has 0 aliphatic rings. The van der Waals surface area contributed by atoms with E-state index in [2.05, 4.69) is 4.98 Å². The molecule has 0 radical (unpaired) electrons. The third kappa shape index (κ3) is 2.08. The molecule has 0 spiro atoms. The van der Waals surface area contributed by atoms with Crippen LogP contribution >= 0.6 is 11.3 Å². The van der Waals surface area contributed by atoms with Crippen LogP contribution in [0.5, 0.6) is 5.75 Å². The maximum Gasteiger partial charge on any atom is 0.115 e. The Morgan fingerprint density at radius 1 is 1.31 bits per heavy atom. The summed E-state index contributed by atoms with van der Waals surface area (Å²) in [6.07, 6.45) is 0. The van der Waals surface area contributed by atoms with Gasteiger partial charge in [-0.25, -0.2) is 4.98 Å². The first-order valence-electron chi connectivity index (χ1n) is 5.10.